The highest BCUT2D eigenvalue weighted by Gasteiger charge is 2.59. The van der Waals surface area contributed by atoms with Gasteiger partial charge in [0.1, 0.15) is 18.1 Å². The van der Waals surface area contributed by atoms with Crippen LogP contribution >= 0.6 is 0 Å². The van der Waals surface area contributed by atoms with Gasteiger partial charge in [-0.05, 0) is 42.7 Å². The van der Waals surface area contributed by atoms with Gasteiger partial charge in [0, 0.05) is 18.7 Å². The standard InChI is InChI=1S/C27H34N6O6/c1-26(2,3)20(30-25(37)38-4)23(35)33-17-8-5-7-15(17)11-18(33)22(34)32-14-27(12-16(32)13-28)24(36)31-21-19(39-27)9-6-10-29-21/h6,9-10,15-18,20H,5,7-8,11-12,14H2,1-4H3,(H,30,37)(H,29,31,36). The molecule has 1 aliphatic carbocycles. The van der Waals surface area contributed by atoms with Gasteiger partial charge in [0.25, 0.3) is 5.91 Å². The molecular formula is C27H34N6O6. The molecule has 3 aliphatic heterocycles. The number of alkyl carbamates (subject to hydrolysis) is 1. The monoisotopic (exact) mass is 538 g/mol. The Morgan fingerprint density at radius 2 is 2.10 bits per heavy atom. The summed E-state index contributed by atoms with van der Waals surface area (Å²) in [6.45, 7) is 5.39. The topological polar surface area (TPSA) is 154 Å². The fourth-order valence-electron chi connectivity index (χ4n) is 6.50. The maximum absolute atomic E-state index is 14.2. The molecule has 1 aromatic rings. The first kappa shape index (κ1) is 26.7. The number of anilines is 1. The molecular weight excluding hydrogens is 504 g/mol. The molecule has 4 amide bonds. The van der Waals surface area contributed by atoms with Gasteiger partial charge in [0.2, 0.25) is 17.4 Å². The van der Waals surface area contributed by atoms with Crippen molar-refractivity contribution in [2.75, 3.05) is 19.0 Å². The van der Waals surface area contributed by atoms with Crippen molar-refractivity contribution in [3.8, 4) is 11.8 Å². The fourth-order valence-corrected chi connectivity index (χ4v) is 6.50. The van der Waals surface area contributed by atoms with Gasteiger partial charge >= 0.3 is 6.09 Å². The Bertz CT molecular complexity index is 1240. The number of hydrogen-bond acceptors (Lipinski definition) is 8. The van der Waals surface area contributed by atoms with E-state index >= 15 is 0 Å². The molecule has 39 heavy (non-hydrogen) atoms. The molecule has 4 heterocycles. The van der Waals surface area contributed by atoms with Crippen LogP contribution in [0.2, 0.25) is 0 Å². The van der Waals surface area contributed by atoms with E-state index in [-0.39, 0.29) is 42.6 Å². The number of hydrogen-bond donors (Lipinski definition) is 2. The van der Waals surface area contributed by atoms with Crippen LogP contribution in [0.25, 0.3) is 0 Å². The first-order valence-electron chi connectivity index (χ1n) is 13.3. The Kier molecular flexibility index (Phi) is 6.64. The minimum atomic E-state index is -1.43. The van der Waals surface area contributed by atoms with Crippen LogP contribution in [0, 0.1) is 22.7 Å². The number of pyridine rings is 1. The van der Waals surface area contributed by atoms with Crippen LogP contribution in [0.1, 0.15) is 52.9 Å². The third-order valence-electron chi connectivity index (χ3n) is 8.42. The highest BCUT2D eigenvalue weighted by molar-refractivity contribution is 6.01. The largest absolute Gasteiger partial charge is 0.472 e. The summed E-state index contributed by atoms with van der Waals surface area (Å²) in [6.07, 6.45) is 3.86. The Labute approximate surface area is 227 Å². The first-order chi connectivity index (χ1) is 18.5. The predicted molar refractivity (Wildman–Crippen MR) is 137 cm³/mol. The van der Waals surface area contributed by atoms with Gasteiger partial charge in [-0.15, -0.1) is 0 Å². The van der Waals surface area contributed by atoms with E-state index in [1.54, 1.807) is 17.0 Å². The van der Waals surface area contributed by atoms with Crippen LogP contribution in [0.15, 0.2) is 18.3 Å². The maximum Gasteiger partial charge on any atom is 0.407 e. The van der Waals surface area contributed by atoms with Crippen LogP contribution in [0.4, 0.5) is 10.6 Å². The van der Waals surface area contributed by atoms with Gasteiger partial charge in [0.05, 0.1) is 19.7 Å². The molecule has 5 rings (SSSR count). The average Bonchev–Trinajstić information content (AvgIpc) is 3.60. The molecule has 1 spiro atoms. The van der Waals surface area contributed by atoms with E-state index in [9.17, 15) is 24.4 Å². The van der Waals surface area contributed by atoms with Crippen molar-refractivity contribution < 1.29 is 28.7 Å². The summed E-state index contributed by atoms with van der Waals surface area (Å²) in [5, 5.41) is 15.4. The van der Waals surface area contributed by atoms with Crippen LogP contribution in [-0.4, -0.2) is 82.0 Å². The first-order valence-corrected chi connectivity index (χ1v) is 13.3. The SMILES string of the molecule is COC(=O)NC(C(=O)N1C(C(=O)N2CC3(CC2C#N)Oc2cccnc2NC3=O)CC2CCCC21)C(C)(C)C. The fraction of sp³-hybridized carbons (Fsp3) is 0.630. The summed E-state index contributed by atoms with van der Waals surface area (Å²) in [6, 6.07) is 2.73. The second-order valence-corrected chi connectivity index (χ2v) is 11.9. The molecule has 208 valence electrons. The van der Waals surface area contributed by atoms with Crippen molar-refractivity contribution in [1.82, 2.24) is 20.1 Å². The van der Waals surface area contributed by atoms with E-state index in [4.69, 9.17) is 9.47 Å². The number of likely N-dealkylation sites (tertiary alicyclic amines) is 2. The third kappa shape index (κ3) is 4.53. The van der Waals surface area contributed by atoms with Crippen molar-refractivity contribution >= 4 is 29.6 Å². The second kappa shape index (κ2) is 9.70. The zero-order valence-corrected chi connectivity index (χ0v) is 22.6. The van der Waals surface area contributed by atoms with Gasteiger partial charge in [0.15, 0.2) is 11.6 Å². The van der Waals surface area contributed by atoms with E-state index in [1.165, 1.54) is 18.2 Å². The molecule has 12 nitrogen and oxygen atoms in total. The van der Waals surface area contributed by atoms with Crippen LogP contribution in [-0.2, 0) is 19.1 Å². The summed E-state index contributed by atoms with van der Waals surface area (Å²) in [4.78, 5) is 60.7. The van der Waals surface area contributed by atoms with E-state index in [1.807, 2.05) is 20.8 Å². The number of nitrogens with one attached hydrogen (secondary N) is 2. The molecule has 4 aliphatic rings. The Morgan fingerprint density at radius 3 is 2.79 bits per heavy atom. The van der Waals surface area contributed by atoms with Crippen molar-refractivity contribution in [2.24, 2.45) is 11.3 Å². The number of amides is 4. The van der Waals surface area contributed by atoms with Crippen molar-refractivity contribution in [3.05, 3.63) is 18.3 Å². The average molecular weight is 539 g/mol. The third-order valence-corrected chi connectivity index (χ3v) is 8.42. The van der Waals surface area contributed by atoms with E-state index < -0.39 is 41.1 Å². The van der Waals surface area contributed by atoms with Crippen LogP contribution in [0.5, 0.6) is 5.75 Å². The van der Waals surface area contributed by atoms with Crippen molar-refractivity contribution in [2.45, 2.75) is 82.6 Å². The summed E-state index contributed by atoms with van der Waals surface area (Å²) in [7, 11) is 1.23. The molecule has 6 atom stereocenters. The molecule has 3 fully saturated rings. The summed E-state index contributed by atoms with van der Waals surface area (Å²) in [5.41, 5.74) is -2.09. The summed E-state index contributed by atoms with van der Waals surface area (Å²) >= 11 is 0. The minimum absolute atomic E-state index is 0.00254. The zero-order chi connectivity index (χ0) is 28.1. The van der Waals surface area contributed by atoms with Crippen LogP contribution in [0.3, 0.4) is 0 Å². The van der Waals surface area contributed by atoms with Gasteiger partial charge in [-0.2, -0.15) is 5.26 Å². The number of fused-ring (bicyclic) bond motifs is 2. The number of rotatable bonds is 3. The lowest BCUT2D eigenvalue weighted by Crippen LogP contribution is -2.60. The van der Waals surface area contributed by atoms with Gasteiger partial charge in [-0.1, -0.05) is 27.2 Å². The molecule has 12 heteroatoms. The normalized spacial score (nSPS) is 30.1. The quantitative estimate of drug-likeness (QED) is 0.591. The summed E-state index contributed by atoms with van der Waals surface area (Å²) < 4.78 is 10.9. The number of carbonyl (C=O) groups is 4. The van der Waals surface area contributed by atoms with Crippen LogP contribution < -0.4 is 15.4 Å². The van der Waals surface area contributed by atoms with E-state index in [0.29, 0.717) is 12.2 Å². The highest BCUT2D eigenvalue weighted by atomic mass is 16.5. The Hall–Kier alpha value is -3.88. The van der Waals surface area contributed by atoms with E-state index in [2.05, 4.69) is 21.7 Å². The number of carbonyl (C=O) groups excluding carboxylic acids is 4. The number of nitriles is 1. The maximum atomic E-state index is 14.2. The second-order valence-electron chi connectivity index (χ2n) is 11.9. The Balaban J connectivity index is 1.44. The predicted octanol–water partition coefficient (Wildman–Crippen LogP) is 1.82. The van der Waals surface area contributed by atoms with Gasteiger partial charge in [-0.25, -0.2) is 9.78 Å². The lowest BCUT2D eigenvalue weighted by Gasteiger charge is -2.38. The molecule has 0 bridgehead atoms. The smallest absolute Gasteiger partial charge is 0.407 e. The minimum Gasteiger partial charge on any atom is -0.472 e. The summed E-state index contributed by atoms with van der Waals surface area (Å²) in [5.74, 6) is -0.396. The lowest BCUT2D eigenvalue weighted by atomic mass is 9.85. The van der Waals surface area contributed by atoms with Gasteiger partial charge in [-0.3, -0.25) is 14.4 Å². The molecule has 6 unspecified atom stereocenters. The van der Waals surface area contributed by atoms with E-state index in [0.717, 1.165) is 19.3 Å². The van der Waals surface area contributed by atoms with Crippen molar-refractivity contribution in [3.63, 3.8) is 0 Å². The molecule has 2 N–H and O–H groups in total. The zero-order valence-electron chi connectivity index (χ0n) is 22.6. The number of ether oxygens (including phenoxy) is 2. The molecule has 1 saturated carbocycles. The number of methoxy groups -OCH3 is 1. The molecule has 0 radical (unpaired) electrons. The van der Waals surface area contributed by atoms with Crippen molar-refractivity contribution in [1.29, 1.82) is 5.26 Å². The highest BCUT2D eigenvalue weighted by Crippen LogP contribution is 2.45. The molecule has 1 aromatic heterocycles. The lowest BCUT2D eigenvalue weighted by molar-refractivity contribution is -0.149. The number of aromatic nitrogens is 1. The molecule has 0 aromatic carbocycles. The van der Waals surface area contributed by atoms with Gasteiger partial charge < -0.3 is 29.9 Å². The Morgan fingerprint density at radius 1 is 1.33 bits per heavy atom. The number of nitrogens with zero attached hydrogens (tertiary/aromatic N) is 4. The molecule has 2 saturated heterocycles.